The van der Waals surface area contributed by atoms with Crippen LogP contribution in [0.4, 0.5) is 15.8 Å². The van der Waals surface area contributed by atoms with Crippen LogP contribution in [-0.4, -0.2) is 15.5 Å². The molecule has 112 valence electrons. The standard InChI is InChI=1S/C14H15FN2O3S/c1-9-3-4-10(15)7-14(9)21(18,19)17-12-6-5-11(16)8-13(12)20-2/h3-8,17H,16H2,1-2H3. The summed E-state index contributed by atoms with van der Waals surface area (Å²) in [4.78, 5) is -0.124. The molecule has 21 heavy (non-hydrogen) atoms. The summed E-state index contributed by atoms with van der Waals surface area (Å²) in [5.74, 6) is -0.335. The topological polar surface area (TPSA) is 81.4 Å². The highest BCUT2D eigenvalue weighted by atomic mass is 32.2. The van der Waals surface area contributed by atoms with Crippen molar-refractivity contribution < 1.29 is 17.5 Å². The first-order valence-corrected chi connectivity index (χ1v) is 7.54. The summed E-state index contributed by atoms with van der Waals surface area (Å²) < 4.78 is 45.5. The summed E-state index contributed by atoms with van der Waals surface area (Å²) in [5.41, 5.74) is 6.73. The summed E-state index contributed by atoms with van der Waals surface area (Å²) in [6, 6.07) is 8.11. The van der Waals surface area contributed by atoms with Gasteiger partial charge in [0, 0.05) is 11.8 Å². The van der Waals surface area contributed by atoms with E-state index in [1.165, 1.54) is 31.4 Å². The Morgan fingerprint density at radius 2 is 1.90 bits per heavy atom. The summed E-state index contributed by atoms with van der Waals surface area (Å²) in [6.07, 6.45) is 0. The minimum Gasteiger partial charge on any atom is -0.494 e. The molecule has 0 aliphatic carbocycles. The quantitative estimate of drug-likeness (QED) is 0.850. The summed E-state index contributed by atoms with van der Waals surface area (Å²) in [6.45, 7) is 1.59. The van der Waals surface area contributed by atoms with Gasteiger partial charge in [0.1, 0.15) is 11.6 Å². The van der Waals surface area contributed by atoms with E-state index in [4.69, 9.17) is 10.5 Å². The number of hydrogen-bond acceptors (Lipinski definition) is 4. The van der Waals surface area contributed by atoms with E-state index in [0.29, 0.717) is 11.3 Å². The number of methoxy groups -OCH3 is 1. The number of benzene rings is 2. The third-order valence-corrected chi connectivity index (χ3v) is 4.42. The van der Waals surface area contributed by atoms with Crippen molar-refractivity contribution in [3.8, 4) is 5.75 Å². The molecular weight excluding hydrogens is 295 g/mol. The van der Waals surface area contributed by atoms with E-state index in [-0.39, 0.29) is 16.3 Å². The second kappa shape index (κ2) is 5.61. The maximum absolute atomic E-state index is 13.3. The zero-order valence-electron chi connectivity index (χ0n) is 11.6. The van der Waals surface area contributed by atoms with Gasteiger partial charge in [-0.05, 0) is 36.8 Å². The lowest BCUT2D eigenvalue weighted by atomic mass is 10.2. The van der Waals surface area contributed by atoms with Crippen molar-refractivity contribution in [3.63, 3.8) is 0 Å². The minimum atomic E-state index is -3.92. The van der Waals surface area contributed by atoms with Gasteiger partial charge in [0.05, 0.1) is 17.7 Å². The molecule has 3 N–H and O–H groups in total. The van der Waals surface area contributed by atoms with Crippen molar-refractivity contribution >= 4 is 21.4 Å². The van der Waals surface area contributed by atoms with Gasteiger partial charge >= 0.3 is 0 Å². The van der Waals surface area contributed by atoms with Gasteiger partial charge in [-0.2, -0.15) is 0 Å². The average Bonchev–Trinajstić information content (AvgIpc) is 2.43. The monoisotopic (exact) mass is 310 g/mol. The number of sulfonamides is 1. The SMILES string of the molecule is COc1cc(N)ccc1NS(=O)(=O)c1cc(F)ccc1C. The number of halogens is 1. The molecular formula is C14H15FN2O3S. The molecule has 0 bridgehead atoms. The predicted molar refractivity (Wildman–Crippen MR) is 79.4 cm³/mol. The number of anilines is 2. The number of rotatable bonds is 4. The minimum absolute atomic E-state index is 0.124. The fourth-order valence-corrected chi connectivity index (χ4v) is 3.18. The van der Waals surface area contributed by atoms with Crippen molar-refractivity contribution in [3.05, 3.63) is 47.8 Å². The van der Waals surface area contributed by atoms with Crippen LogP contribution in [-0.2, 0) is 10.0 Å². The van der Waals surface area contributed by atoms with E-state index in [2.05, 4.69) is 4.72 Å². The molecule has 0 spiro atoms. The predicted octanol–water partition coefficient (Wildman–Crippen LogP) is 2.53. The number of nitrogens with one attached hydrogen (secondary N) is 1. The highest BCUT2D eigenvalue weighted by molar-refractivity contribution is 7.92. The van der Waals surface area contributed by atoms with E-state index < -0.39 is 15.8 Å². The molecule has 0 saturated heterocycles. The maximum Gasteiger partial charge on any atom is 0.262 e. The van der Waals surface area contributed by atoms with Crippen molar-refractivity contribution in [1.29, 1.82) is 0 Å². The third kappa shape index (κ3) is 3.25. The highest BCUT2D eigenvalue weighted by Gasteiger charge is 2.19. The Morgan fingerprint density at radius 1 is 1.19 bits per heavy atom. The van der Waals surface area contributed by atoms with Gasteiger partial charge in [0.2, 0.25) is 0 Å². The van der Waals surface area contributed by atoms with Crippen LogP contribution in [0, 0.1) is 12.7 Å². The summed E-state index contributed by atoms with van der Waals surface area (Å²) in [7, 11) is -2.52. The van der Waals surface area contributed by atoms with Crippen LogP contribution < -0.4 is 15.2 Å². The lowest BCUT2D eigenvalue weighted by Crippen LogP contribution is -2.15. The van der Waals surface area contributed by atoms with Gasteiger partial charge in [-0.1, -0.05) is 6.07 Å². The van der Waals surface area contributed by atoms with E-state index in [9.17, 15) is 12.8 Å². The smallest absolute Gasteiger partial charge is 0.262 e. The Labute approximate surface area is 122 Å². The lowest BCUT2D eigenvalue weighted by molar-refractivity contribution is 0.417. The van der Waals surface area contributed by atoms with E-state index in [1.807, 2.05) is 0 Å². The highest BCUT2D eigenvalue weighted by Crippen LogP contribution is 2.29. The van der Waals surface area contributed by atoms with Crippen LogP contribution in [0.2, 0.25) is 0 Å². The molecule has 5 nitrogen and oxygen atoms in total. The Hall–Kier alpha value is -2.28. The first-order valence-electron chi connectivity index (χ1n) is 6.06. The first kappa shape index (κ1) is 15.1. The maximum atomic E-state index is 13.3. The number of nitrogens with two attached hydrogens (primary N) is 1. The van der Waals surface area contributed by atoms with Crippen molar-refractivity contribution in [1.82, 2.24) is 0 Å². The van der Waals surface area contributed by atoms with Gasteiger partial charge in [-0.3, -0.25) is 4.72 Å². The van der Waals surface area contributed by atoms with Gasteiger partial charge in [-0.25, -0.2) is 12.8 Å². The number of aryl methyl sites for hydroxylation is 1. The molecule has 0 fully saturated rings. The van der Waals surface area contributed by atoms with Crippen LogP contribution in [0.1, 0.15) is 5.56 Å². The molecule has 0 aliphatic heterocycles. The largest absolute Gasteiger partial charge is 0.494 e. The molecule has 0 heterocycles. The molecule has 0 aromatic heterocycles. The normalized spacial score (nSPS) is 11.2. The van der Waals surface area contributed by atoms with Crippen LogP contribution in [0.3, 0.4) is 0 Å². The Morgan fingerprint density at radius 3 is 2.57 bits per heavy atom. The zero-order chi connectivity index (χ0) is 15.6. The fraction of sp³-hybridized carbons (Fsp3) is 0.143. The molecule has 0 aliphatic rings. The van der Waals surface area contributed by atoms with Crippen LogP contribution in [0.5, 0.6) is 5.75 Å². The zero-order valence-corrected chi connectivity index (χ0v) is 12.4. The van der Waals surface area contributed by atoms with E-state index >= 15 is 0 Å². The molecule has 7 heteroatoms. The molecule has 2 rings (SSSR count). The summed E-state index contributed by atoms with van der Waals surface area (Å²) >= 11 is 0. The molecule has 0 atom stereocenters. The molecule has 0 radical (unpaired) electrons. The number of nitrogen functional groups attached to an aromatic ring is 1. The van der Waals surface area contributed by atoms with E-state index in [1.54, 1.807) is 13.0 Å². The first-order chi connectivity index (χ1) is 9.83. The van der Waals surface area contributed by atoms with Gasteiger partial charge in [0.15, 0.2) is 0 Å². The van der Waals surface area contributed by atoms with Gasteiger partial charge in [0.25, 0.3) is 10.0 Å². The number of ether oxygens (including phenoxy) is 1. The lowest BCUT2D eigenvalue weighted by Gasteiger charge is -2.13. The van der Waals surface area contributed by atoms with Gasteiger partial charge in [-0.15, -0.1) is 0 Å². The van der Waals surface area contributed by atoms with Crippen LogP contribution in [0.15, 0.2) is 41.3 Å². The summed E-state index contributed by atoms with van der Waals surface area (Å²) in [5, 5.41) is 0. The molecule has 0 amide bonds. The van der Waals surface area contributed by atoms with Gasteiger partial charge < -0.3 is 10.5 Å². The molecule has 0 unspecified atom stereocenters. The van der Waals surface area contributed by atoms with Crippen molar-refractivity contribution in [2.45, 2.75) is 11.8 Å². The van der Waals surface area contributed by atoms with E-state index in [0.717, 1.165) is 6.07 Å². The second-order valence-corrected chi connectivity index (χ2v) is 6.13. The fourth-order valence-electron chi connectivity index (χ4n) is 1.86. The molecule has 0 saturated carbocycles. The average molecular weight is 310 g/mol. The second-order valence-electron chi connectivity index (χ2n) is 4.48. The van der Waals surface area contributed by atoms with Crippen LogP contribution >= 0.6 is 0 Å². The molecule has 2 aromatic rings. The van der Waals surface area contributed by atoms with Crippen LogP contribution in [0.25, 0.3) is 0 Å². The Balaban J connectivity index is 2.45. The Kier molecular flexibility index (Phi) is 4.04. The van der Waals surface area contributed by atoms with Crippen molar-refractivity contribution in [2.24, 2.45) is 0 Å². The van der Waals surface area contributed by atoms with Crippen molar-refractivity contribution in [2.75, 3.05) is 17.6 Å². The third-order valence-electron chi connectivity index (χ3n) is 2.91. The number of hydrogen-bond donors (Lipinski definition) is 2. The Bertz CT molecular complexity index is 776. The molecule has 2 aromatic carbocycles.